The molecule has 1 atom stereocenters. The van der Waals surface area contributed by atoms with Crippen molar-refractivity contribution in [1.29, 1.82) is 0 Å². The van der Waals surface area contributed by atoms with Crippen LogP contribution in [0.3, 0.4) is 0 Å². The van der Waals surface area contributed by atoms with Crippen LogP contribution in [0, 0.1) is 0 Å². The molecule has 0 saturated heterocycles. The van der Waals surface area contributed by atoms with Crippen molar-refractivity contribution in [3.63, 3.8) is 0 Å². The molecule has 0 aliphatic carbocycles. The highest BCUT2D eigenvalue weighted by Gasteiger charge is 2.20. The summed E-state index contributed by atoms with van der Waals surface area (Å²) in [6.07, 6.45) is 0. The Morgan fingerprint density at radius 3 is 1.75 bits per heavy atom. The Labute approximate surface area is 52.7 Å². The van der Waals surface area contributed by atoms with Crippen LogP contribution in [0.25, 0.3) is 0 Å². The molecular formula is C6H16OSi. The molecule has 50 valence electrons. The Hall–Kier alpha value is 0.177. The maximum absolute atomic E-state index is 8.71. The number of rotatable bonds is 2. The molecule has 0 aromatic carbocycles. The van der Waals surface area contributed by atoms with Gasteiger partial charge in [-0.15, -0.1) is 0 Å². The number of hydrogen-bond donors (Lipinski definition) is 1. The third kappa shape index (κ3) is 2.48. The Balaban J connectivity index is 3.62. The summed E-state index contributed by atoms with van der Waals surface area (Å²) in [5.74, 6) is 0. The van der Waals surface area contributed by atoms with E-state index in [1.54, 1.807) is 0 Å². The minimum Gasteiger partial charge on any atom is -0.396 e. The van der Waals surface area contributed by atoms with Crippen LogP contribution < -0.4 is 0 Å². The fraction of sp³-hybridized carbons (Fsp3) is 1.00. The van der Waals surface area contributed by atoms with Crippen LogP contribution in [0.2, 0.25) is 25.2 Å². The summed E-state index contributed by atoms with van der Waals surface area (Å²) >= 11 is 0. The molecule has 2 heteroatoms. The molecule has 1 N–H and O–H groups in total. The Morgan fingerprint density at radius 2 is 1.75 bits per heavy atom. The summed E-state index contributed by atoms with van der Waals surface area (Å²) in [4.78, 5) is 0. The van der Waals surface area contributed by atoms with Crippen LogP contribution in [0.1, 0.15) is 6.92 Å². The van der Waals surface area contributed by atoms with E-state index >= 15 is 0 Å². The molecule has 0 rings (SSSR count). The van der Waals surface area contributed by atoms with Gasteiger partial charge < -0.3 is 5.11 Å². The summed E-state index contributed by atoms with van der Waals surface area (Å²) in [5, 5.41) is 8.71. The van der Waals surface area contributed by atoms with Crippen molar-refractivity contribution in [2.75, 3.05) is 6.61 Å². The van der Waals surface area contributed by atoms with Gasteiger partial charge in [-0.2, -0.15) is 0 Å². The van der Waals surface area contributed by atoms with Gasteiger partial charge in [0.15, 0.2) is 0 Å². The first-order chi connectivity index (χ1) is 3.48. The fourth-order valence-corrected chi connectivity index (χ4v) is 0.822. The van der Waals surface area contributed by atoms with Gasteiger partial charge in [-0.1, -0.05) is 26.6 Å². The van der Waals surface area contributed by atoms with Crippen molar-refractivity contribution in [3.05, 3.63) is 0 Å². The van der Waals surface area contributed by atoms with Crippen molar-refractivity contribution in [2.24, 2.45) is 0 Å². The lowest BCUT2D eigenvalue weighted by Crippen LogP contribution is -2.28. The minimum absolute atomic E-state index is 0.357. The van der Waals surface area contributed by atoms with E-state index in [0.29, 0.717) is 12.1 Å². The van der Waals surface area contributed by atoms with Gasteiger partial charge in [-0.05, 0) is 5.54 Å². The van der Waals surface area contributed by atoms with E-state index in [4.69, 9.17) is 5.11 Å². The summed E-state index contributed by atoms with van der Waals surface area (Å²) in [5.41, 5.74) is 0.544. The second-order valence-corrected chi connectivity index (χ2v) is 9.17. The first-order valence-corrected chi connectivity index (χ1v) is 6.67. The minimum atomic E-state index is -1.01. The molecule has 0 aromatic rings. The molecule has 0 aliphatic rings. The molecule has 0 amide bonds. The van der Waals surface area contributed by atoms with E-state index in [-0.39, 0.29) is 0 Å². The van der Waals surface area contributed by atoms with Gasteiger partial charge in [0.2, 0.25) is 0 Å². The van der Waals surface area contributed by atoms with Crippen LogP contribution >= 0.6 is 0 Å². The first kappa shape index (κ1) is 8.18. The maximum Gasteiger partial charge on any atom is 0.0496 e. The van der Waals surface area contributed by atoms with Gasteiger partial charge >= 0.3 is 0 Å². The van der Waals surface area contributed by atoms with Crippen molar-refractivity contribution in [3.8, 4) is 0 Å². The SMILES string of the molecule is CC(CO)[Si](C)(C)C. The van der Waals surface area contributed by atoms with E-state index in [1.165, 1.54) is 0 Å². The quantitative estimate of drug-likeness (QED) is 0.567. The molecule has 0 spiro atoms. The molecule has 8 heavy (non-hydrogen) atoms. The van der Waals surface area contributed by atoms with Crippen molar-refractivity contribution in [1.82, 2.24) is 0 Å². The molecule has 0 bridgehead atoms. The van der Waals surface area contributed by atoms with E-state index in [1.807, 2.05) is 0 Å². The van der Waals surface area contributed by atoms with Crippen LogP contribution in [0.5, 0.6) is 0 Å². The second kappa shape index (κ2) is 2.64. The largest absolute Gasteiger partial charge is 0.396 e. The lowest BCUT2D eigenvalue weighted by atomic mass is 10.5. The van der Waals surface area contributed by atoms with E-state index < -0.39 is 8.07 Å². The van der Waals surface area contributed by atoms with Crippen LogP contribution in [0.15, 0.2) is 0 Å². The van der Waals surface area contributed by atoms with E-state index in [0.717, 1.165) is 0 Å². The highest BCUT2D eigenvalue weighted by molar-refractivity contribution is 6.77. The van der Waals surface area contributed by atoms with Gasteiger partial charge in [0, 0.05) is 14.7 Å². The molecule has 1 unspecified atom stereocenters. The Bertz CT molecular complexity index is 65.4. The maximum atomic E-state index is 8.71. The summed E-state index contributed by atoms with van der Waals surface area (Å²) in [6, 6.07) is 0. The molecule has 0 heterocycles. The Kier molecular flexibility index (Phi) is 2.70. The molecule has 0 saturated carbocycles. The Morgan fingerprint density at radius 1 is 1.38 bits per heavy atom. The fourth-order valence-electron chi connectivity index (χ4n) is 0.274. The third-order valence-electron chi connectivity index (χ3n) is 1.75. The zero-order chi connectivity index (χ0) is 6.78. The molecule has 0 aliphatic heterocycles. The van der Waals surface area contributed by atoms with Crippen molar-refractivity contribution >= 4 is 8.07 Å². The average Bonchev–Trinajstić information content (AvgIpc) is 1.62. The van der Waals surface area contributed by atoms with Gasteiger partial charge in [-0.25, -0.2) is 0 Å². The average molecular weight is 132 g/mol. The third-order valence-corrected chi connectivity index (χ3v) is 4.89. The second-order valence-electron chi connectivity index (χ2n) is 3.45. The summed E-state index contributed by atoms with van der Waals surface area (Å²) in [7, 11) is -1.01. The van der Waals surface area contributed by atoms with Gasteiger partial charge in [0.25, 0.3) is 0 Å². The lowest BCUT2D eigenvalue weighted by Gasteiger charge is -2.22. The molecule has 1 nitrogen and oxygen atoms in total. The standard InChI is InChI=1S/C6H16OSi/c1-6(5-7)8(2,3)4/h6-7H,5H2,1-4H3. The molecule has 0 fully saturated rings. The van der Waals surface area contributed by atoms with E-state index in [2.05, 4.69) is 26.6 Å². The zero-order valence-electron chi connectivity index (χ0n) is 6.23. The monoisotopic (exact) mass is 132 g/mol. The highest BCUT2D eigenvalue weighted by Crippen LogP contribution is 2.18. The van der Waals surface area contributed by atoms with Gasteiger partial charge in [0.1, 0.15) is 0 Å². The van der Waals surface area contributed by atoms with Gasteiger partial charge in [-0.3, -0.25) is 0 Å². The highest BCUT2D eigenvalue weighted by atomic mass is 28.3. The van der Waals surface area contributed by atoms with Gasteiger partial charge in [0.05, 0.1) is 0 Å². The van der Waals surface area contributed by atoms with Crippen LogP contribution in [-0.2, 0) is 0 Å². The van der Waals surface area contributed by atoms with Crippen molar-refractivity contribution < 1.29 is 5.11 Å². The molecular weight excluding hydrogens is 116 g/mol. The zero-order valence-corrected chi connectivity index (χ0v) is 7.23. The number of aliphatic hydroxyl groups excluding tert-OH is 1. The molecule has 0 radical (unpaired) electrons. The topological polar surface area (TPSA) is 20.2 Å². The smallest absolute Gasteiger partial charge is 0.0496 e. The normalized spacial score (nSPS) is 16.1. The van der Waals surface area contributed by atoms with Crippen LogP contribution in [0.4, 0.5) is 0 Å². The predicted molar refractivity (Wildman–Crippen MR) is 39.9 cm³/mol. The van der Waals surface area contributed by atoms with Crippen molar-refractivity contribution in [2.45, 2.75) is 32.1 Å². The molecule has 0 aromatic heterocycles. The lowest BCUT2D eigenvalue weighted by molar-refractivity contribution is 0.292. The van der Waals surface area contributed by atoms with E-state index in [9.17, 15) is 0 Å². The predicted octanol–water partition coefficient (Wildman–Crippen LogP) is 1.71. The summed E-state index contributed by atoms with van der Waals surface area (Å²) < 4.78 is 0. The number of aliphatic hydroxyl groups is 1. The summed E-state index contributed by atoms with van der Waals surface area (Å²) in [6.45, 7) is 9.29. The van der Waals surface area contributed by atoms with Crippen LogP contribution in [-0.4, -0.2) is 19.8 Å². The first-order valence-electron chi connectivity index (χ1n) is 3.09. The number of hydrogen-bond acceptors (Lipinski definition) is 1.